The molecule has 0 unspecified atom stereocenters. The molecule has 2 N–H and O–H groups in total. The second-order valence-corrected chi connectivity index (χ2v) is 4.56. The van der Waals surface area contributed by atoms with Gasteiger partial charge in [-0.05, 0) is 37.3 Å². The number of para-hydroxylation sites is 2. The second kappa shape index (κ2) is 6.28. The van der Waals surface area contributed by atoms with Crippen molar-refractivity contribution in [3.05, 3.63) is 54.4 Å². The molecule has 6 heteroatoms. The highest BCUT2D eigenvalue weighted by atomic mass is 16.6. The molecule has 3 aromatic rings. The van der Waals surface area contributed by atoms with Gasteiger partial charge in [0, 0.05) is 0 Å². The summed E-state index contributed by atoms with van der Waals surface area (Å²) in [7, 11) is 0. The number of aromatic amines is 1. The van der Waals surface area contributed by atoms with E-state index in [9.17, 15) is 4.79 Å². The van der Waals surface area contributed by atoms with Gasteiger partial charge in [0.05, 0.1) is 29.5 Å². The monoisotopic (exact) mass is 297 g/mol. The van der Waals surface area contributed by atoms with Crippen LogP contribution in [0.15, 0.2) is 48.8 Å². The molecule has 2 aromatic carbocycles. The number of fused-ring (bicyclic) bond motifs is 1. The number of aromatic nitrogens is 2. The van der Waals surface area contributed by atoms with Crippen LogP contribution in [0.25, 0.3) is 11.0 Å². The Morgan fingerprint density at radius 2 is 2.14 bits per heavy atom. The van der Waals surface area contributed by atoms with Crippen molar-refractivity contribution in [2.24, 2.45) is 0 Å². The fourth-order valence-corrected chi connectivity index (χ4v) is 2.01. The van der Waals surface area contributed by atoms with Gasteiger partial charge in [-0.3, -0.25) is 10.3 Å². The van der Waals surface area contributed by atoms with Crippen molar-refractivity contribution in [2.75, 3.05) is 12.1 Å². The van der Waals surface area contributed by atoms with Crippen molar-refractivity contribution in [3.8, 4) is 5.75 Å². The topological polar surface area (TPSA) is 76.2 Å². The first kappa shape index (κ1) is 14.1. The minimum Gasteiger partial charge on any atom is -0.421 e. The fourth-order valence-electron chi connectivity index (χ4n) is 2.01. The van der Waals surface area contributed by atoms with E-state index in [1.165, 1.54) is 0 Å². The van der Waals surface area contributed by atoms with Crippen LogP contribution in [0.2, 0.25) is 0 Å². The van der Waals surface area contributed by atoms with Gasteiger partial charge in [-0.15, -0.1) is 0 Å². The Labute approximate surface area is 127 Å². The molecule has 0 aliphatic rings. The maximum Gasteiger partial charge on any atom is 0.343 e. The number of nitrogens with one attached hydrogen (secondary N) is 2. The number of hydrogen-bond donors (Lipinski definition) is 2. The Morgan fingerprint density at radius 3 is 3.00 bits per heavy atom. The Balaban J connectivity index is 1.81. The number of nitrogens with zero attached hydrogens (tertiary/aromatic N) is 1. The molecular formula is C16H15N3O3. The smallest absolute Gasteiger partial charge is 0.343 e. The van der Waals surface area contributed by atoms with Crippen molar-refractivity contribution in [2.45, 2.75) is 6.92 Å². The molecule has 1 heterocycles. The number of esters is 1. The van der Waals surface area contributed by atoms with Crippen molar-refractivity contribution in [3.63, 3.8) is 0 Å². The Bertz CT molecular complexity index is 798. The summed E-state index contributed by atoms with van der Waals surface area (Å²) in [5.41, 5.74) is 5.38. The summed E-state index contributed by atoms with van der Waals surface area (Å²) in [4.78, 5) is 24.5. The highest BCUT2D eigenvalue weighted by molar-refractivity contribution is 5.95. The van der Waals surface area contributed by atoms with Crippen molar-refractivity contribution < 1.29 is 14.4 Å². The van der Waals surface area contributed by atoms with Crippen LogP contribution in [-0.4, -0.2) is 22.5 Å². The largest absolute Gasteiger partial charge is 0.421 e. The lowest BCUT2D eigenvalue weighted by atomic mass is 10.2. The second-order valence-electron chi connectivity index (χ2n) is 4.56. The van der Waals surface area contributed by atoms with E-state index < -0.39 is 5.97 Å². The number of hydrogen-bond acceptors (Lipinski definition) is 5. The van der Waals surface area contributed by atoms with E-state index in [0.717, 1.165) is 11.0 Å². The van der Waals surface area contributed by atoms with E-state index >= 15 is 0 Å². The number of carbonyl (C=O) groups is 1. The molecule has 0 amide bonds. The first-order chi connectivity index (χ1) is 10.8. The third-order valence-electron chi connectivity index (χ3n) is 3.07. The summed E-state index contributed by atoms with van der Waals surface area (Å²) < 4.78 is 5.44. The van der Waals surface area contributed by atoms with Crippen LogP contribution in [0, 0.1) is 0 Å². The highest BCUT2D eigenvalue weighted by Crippen LogP contribution is 2.25. The zero-order valence-corrected chi connectivity index (χ0v) is 12.0. The van der Waals surface area contributed by atoms with E-state index in [2.05, 4.69) is 15.4 Å². The molecule has 22 heavy (non-hydrogen) atoms. The van der Waals surface area contributed by atoms with Gasteiger partial charge in [-0.25, -0.2) is 9.78 Å². The quantitative estimate of drug-likeness (QED) is 0.430. The Morgan fingerprint density at radius 1 is 1.27 bits per heavy atom. The summed E-state index contributed by atoms with van der Waals surface area (Å²) in [6.45, 7) is 2.36. The molecule has 0 spiro atoms. The van der Waals surface area contributed by atoms with Crippen molar-refractivity contribution in [1.29, 1.82) is 0 Å². The Kier molecular flexibility index (Phi) is 4.02. The molecule has 3 rings (SSSR count). The van der Waals surface area contributed by atoms with Gasteiger partial charge in [0.1, 0.15) is 5.69 Å². The Hall–Kier alpha value is -2.86. The van der Waals surface area contributed by atoms with E-state index in [0.29, 0.717) is 23.6 Å². The highest BCUT2D eigenvalue weighted by Gasteiger charge is 2.12. The first-order valence-corrected chi connectivity index (χ1v) is 6.90. The van der Waals surface area contributed by atoms with Gasteiger partial charge in [0.2, 0.25) is 0 Å². The average molecular weight is 297 g/mol. The van der Waals surface area contributed by atoms with Crippen molar-refractivity contribution >= 4 is 22.7 Å². The van der Waals surface area contributed by atoms with Crippen LogP contribution in [-0.2, 0) is 4.84 Å². The summed E-state index contributed by atoms with van der Waals surface area (Å²) in [6.07, 6.45) is 1.58. The number of carbonyl (C=O) groups excluding carboxylic acids is 1. The van der Waals surface area contributed by atoms with Gasteiger partial charge in [0.15, 0.2) is 5.75 Å². The van der Waals surface area contributed by atoms with Crippen molar-refractivity contribution in [1.82, 2.24) is 9.97 Å². The number of ether oxygens (including phenoxy) is 1. The molecule has 0 aliphatic heterocycles. The van der Waals surface area contributed by atoms with Gasteiger partial charge in [-0.1, -0.05) is 12.1 Å². The summed E-state index contributed by atoms with van der Waals surface area (Å²) in [5, 5.41) is 0. The molecule has 0 bridgehead atoms. The minimum absolute atomic E-state index is 0.408. The average Bonchev–Trinajstić information content (AvgIpc) is 3.01. The van der Waals surface area contributed by atoms with Gasteiger partial charge in [0.25, 0.3) is 0 Å². The third-order valence-corrected chi connectivity index (χ3v) is 3.07. The van der Waals surface area contributed by atoms with Crippen LogP contribution < -0.4 is 10.2 Å². The number of benzene rings is 2. The molecule has 0 atom stereocenters. The summed E-state index contributed by atoms with van der Waals surface area (Å²) in [5.74, 6) is -0.0343. The van der Waals surface area contributed by atoms with Crippen LogP contribution in [0.5, 0.6) is 5.75 Å². The molecule has 6 nitrogen and oxygen atoms in total. The zero-order valence-electron chi connectivity index (χ0n) is 12.0. The maximum atomic E-state index is 12.3. The summed E-state index contributed by atoms with van der Waals surface area (Å²) in [6, 6.07) is 12.3. The zero-order chi connectivity index (χ0) is 15.4. The molecule has 0 saturated carbocycles. The van der Waals surface area contributed by atoms with Crippen LogP contribution in [0.1, 0.15) is 17.3 Å². The molecule has 0 radical (unpaired) electrons. The number of imidazole rings is 1. The van der Waals surface area contributed by atoms with Crippen LogP contribution >= 0.6 is 0 Å². The predicted molar refractivity (Wildman–Crippen MR) is 82.7 cm³/mol. The summed E-state index contributed by atoms with van der Waals surface area (Å²) >= 11 is 0. The molecule has 0 fully saturated rings. The molecule has 112 valence electrons. The lowest BCUT2D eigenvalue weighted by molar-refractivity contribution is 0.0734. The molecule has 1 aromatic heterocycles. The standard InChI is InChI=1S/C16H15N3O3/c1-2-21-19-13-5-3-4-6-15(13)22-16(20)11-7-8-12-14(9-11)18-10-17-12/h3-10,19H,2H2,1H3,(H,17,18). The van der Waals surface area contributed by atoms with E-state index in [-0.39, 0.29) is 0 Å². The van der Waals surface area contributed by atoms with E-state index in [1.54, 1.807) is 42.7 Å². The third kappa shape index (κ3) is 2.91. The molecule has 0 aliphatic carbocycles. The first-order valence-electron chi connectivity index (χ1n) is 6.90. The van der Waals surface area contributed by atoms with E-state index in [4.69, 9.17) is 9.57 Å². The minimum atomic E-state index is -0.442. The van der Waals surface area contributed by atoms with Crippen LogP contribution in [0.3, 0.4) is 0 Å². The number of anilines is 1. The molecule has 0 saturated heterocycles. The van der Waals surface area contributed by atoms with E-state index in [1.807, 2.05) is 13.0 Å². The SMILES string of the molecule is CCONc1ccccc1OC(=O)c1ccc2nc[nH]c2c1. The van der Waals surface area contributed by atoms with Gasteiger partial charge < -0.3 is 9.72 Å². The lowest BCUT2D eigenvalue weighted by Crippen LogP contribution is -2.10. The number of rotatable bonds is 5. The van der Waals surface area contributed by atoms with Crippen LogP contribution in [0.4, 0.5) is 5.69 Å². The lowest BCUT2D eigenvalue weighted by Gasteiger charge is -2.11. The molecular weight excluding hydrogens is 282 g/mol. The van der Waals surface area contributed by atoms with Gasteiger partial charge >= 0.3 is 5.97 Å². The normalized spacial score (nSPS) is 10.6. The maximum absolute atomic E-state index is 12.3. The predicted octanol–water partition coefficient (Wildman–Crippen LogP) is 3.15. The van der Waals surface area contributed by atoms with Gasteiger partial charge in [-0.2, -0.15) is 0 Å². The number of H-pyrrole nitrogens is 1. The fraction of sp³-hybridized carbons (Fsp3) is 0.125.